The normalized spacial score (nSPS) is 18.0. The number of amides is 2. The van der Waals surface area contributed by atoms with Crippen molar-refractivity contribution in [3.8, 4) is 0 Å². The summed E-state index contributed by atoms with van der Waals surface area (Å²) < 4.78 is 0. The van der Waals surface area contributed by atoms with Crippen LogP contribution in [0.25, 0.3) is 0 Å². The first-order chi connectivity index (χ1) is 12.1. The summed E-state index contributed by atoms with van der Waals surface area (Å²) in [5.74, 6) is 0.864. The highest BCUT2D eigenvalue weighted by Crippen LogP contribution is 2.12. The van der Waals surface area contributed by atoms with Gasteiger partial charge in [-0.2, -0.15) is 5.10 Å². The van der Waals surface area contributed by atoms with Crippen molar-refractivity contribution in [1.29, 1.82) is 0 Å². The fraction of sp³-hybridized carbons (Fsp3) is 0.438. The van der Waals surface area contributed by atoms with Gasteiger partial charge in [-0.15, -0.1) is 0 Å². The molecule has 9 nitrogen and oxygen atoms in total. The Morgan fingerprint density at radius 1 is 1.44 bits per heavy atom. The second kappa shape index (κ2) is 7.84. The lowest BCUT2D eigenvalue weighted by Crippen LogP contribution is -2.56. The second-order valence-corrected chi connectivity index (χ2v) is 5.92. The van der Waals surface area contributed by atoms with E-state index in [1.54, 1.807) is 13.1 Å². The molecule has 1 saturated heterocycles. The molecule has 1 aliphatic heterocycles. The van der Waals surface area contributed by atoms with Crippen molar-refractivity contribution in [2.75, 3.05) is 13.1 Å². The summed E-state index contributed by atoms with van der Waals surface area (Å²) in [6, 6.07) is 5.16. The van der Waals surface area contributed by atoms with Crippen LogP contribution in [0.5, 0.6) is 0 Å². The second-order valence-electron chi connectivity index (χ2n) is 5.92. The molecule has 132 valence electrons. The lowest BCUT2D eigenvalue weighted by molar-refractivity contribution is -0.134. The minimum absolute atomic E-state index is 0.0854. The Hall–Kier alpha value is -2.81. The van der Waals surface area contributed by atoms with Crippen molar-refractivity contribution >= 4 is 11.8 Å². The molecule has 0 aliphatic carbocycles. The first-order valence-electron chi connectivity index (χ1n) is 8.18. The molecule has 2 aromatic rings. The number of rotatable bonds is 6. The maximum absolute atomic E-state index is 12.2. The minimum Gasteiger partial charge on any atom is -0.353 e. The minimum atomic E-state index is -0.510. The number of pyridine rings is 1. The zero-order chi connectivity index (χ0) is 17.6. The van der Waals surface area contributed by atoms with Crippen molar-refractivity contribution < 1.29 is 9.59 Å². The summed E-state index contributed by atoms with van der Waals surface area (Å²) in [5, 5.41) is 12.3. The Balaban J connectivity index is 1.58. The first-order valence-corrected chi connectivity index (χ1v) is 8.18. The number of hydrogen-bond donors (Lipinski definition) is 3. The third kappa shape index (κ3) is 4.60. The highest BCUT2D eigenvalue weighted by molar-refractivity contribution is 5.88. The van der Waals surface area contributed by atoms with Crippen LogP contribution in [-0.2, 0) is 22.7 Å². The van der Waals surface area contributed by atoms with E-state index in [0.717, 1.165) is 5.69 Å². The molecular weight excluding hydrogens is 322 g/mol. The van der Waals surface area contributed by atoms with E-state index in [0.29, 0.717) is 31.3 Å². The SMILES string of the molecule is Cc1nc(CNC(=O)C[C@@H]2C(=O)NCCN2Cc2ccccn2)n[nH]1. The van der Waals surface area contributed by atoms with E-state index in [4.69, 9.17) is 0 Å². The van der Waals surface area contributed by atoms with Crippen LogP contribution in [0.4, 0.5) is 0 Å². The average molecular weight is 343 g/mol. The summed E-state index contributed by atoms with van der Waals surface area (Å²) in [5.41, 5.74) is 0.874. The number of nitrogens with one attached hydrogen (secondary N) is 3. The summed E-state index contributed by atoms with van der Waals surface area (Å²) in [7, 11) is 0. The highest BCUT2D eigenvalue weighted by atomic mass is 16.2. The van der Waals surface area contributed by atoms with Gasteiger partial charge in [0.2, 0.25) is 11.8 Å². The van der Waals surface area contributed by atoms with Crippen molar-refractivity contribution in [3.05, 3.63) is 41.7 Å². The molecule has 2 aromatic heterocycles. The van der Waals surface area contributed by atoms with Crippen LogP contribution in [-0.4, -0.2) is 56.0 Å². The number of carbonyl (C=O) groups is 2. The molecule has 0 spiro atoms. The van der Waals surface area contributed by atoms with Gasteiger partial charge in [0.15, 0.2) is 5.82 Å². The fourth-order valence-electron chi connectivity index (χ4n) is 2.77. The van der Waals surface area contributed by atoms with E-state index in [1.165, 1.54) is 0 Å². The van der Waals surface area contributed by atoms with Gasteiger partial charge < -0.3 is 10.6 Å². The number of aromatic nitrogens is 4. The van der Waals surface area contributed by atoms with E-state index >= 15 is 0 Å². The van der Waals surface area contributed by atoms with Gasteiger partial charge in [-0.05, 0) is 19.1 Å². The lowest BCUT2D eigenvalue weighted by atomic mass is 10.1. The molecule has 3 heterocycles. The van der Waals surface area contributed by atoms with E-state index in [-0.39, 0.29) is 24.8 Å². The number of carbonyl (C=O) groups excluding carboxylic acids is 2. The fourth-order valence-corrected chi connectivity index (χ4v) is 2.77. The highest BCUT2D eigenvalue weighted by Gasteiger charge is 2.31. The molecule has 3 N–H and O–H groups in total. The Bertz CT molecular complexity index is 731. The summed E-state index contributed by atoms with van der Waals surface area (Å²) in [6.07, 6.45) is 1.81. The van der Waals surface area contributed by atoms with E-state index in [1.807, 2.05) is 23.1 Å². The zero-order valence-electron chi connectivity index (χ0n) is 14.0. The molecule has 0 saturated carbocycles. The molecule has 1 atom stereocenters. The molecule has 3 rings (SSSR count). The Morgan fingerprint density at radius 3 is 3.04 bits per heavy atom. The van der Waals surface area contributed by atoms with Crippen LogP contribution < -0.4 is 10.6 Å². The van der Waals surface area contributed by atoms with Crippen molar-refractivity contribution in [3.63, 3.8) is 0 Å². The monoisotopic (exact) mass is 343 g/mol. The van der Waals surface area contributed by atoms with Gasteiger partial charge in [-0.25, -0.2) is 4.98 Å². The van der Waals surface area contributed by atoms with Gasteiger partial charge in [0.05, 0.1) is 24.7 Å². The van der Waals surface area contributed by atoms with Crippen LogP contribution in [0.2, 0.25) is 0 Å². The molecule has 0 radical (unpaired) electrons. The Kier molecular flexibility index (Phi) is 5.34. The number of nitrogens with zero attached hydrogens (tertiary/aromatic N) is 4. The maximum Gasteiger partial charge on any atom is 0.237 e. The first kappa shape index (κ1) is 17.0. The average Bonchev–Trinajstić information content (AvgIpc) is 3.02. The van der Waals surface area contributed by atoms with Gasteiger partial charge >= 0.3 is 0 Å². The molecule has 2 amide bonds. The van der Waals surface area contributed by atoms with Gasteiger partial charge in [-0.3, -0.25) is 24.6 Å². The van der Waals surface area contributed by atoms with E-state index < -0.39 is 6.04 Å². The van der Waals surface area contributed by atoms with Gasteiger partial charge in [-0.1, -0.05) is 6.07 Å². The lowest BCUT2D eigenvalue weighted by Gasteiger charge is -2.34. The largest absolute Gasteiger partial charge is 0.353 e. The summed E-state index contributed by atoms with van der Waals surface area (Å²) in [6.45, 7) is 3.81. The maximum atomic E-state index is 12.2. The summed E-state index contributed by atoms with van der Waals surface area (Å²) >= 11 is 0. The molecule has 9 heteroatoms. The van der Waals surface area contributed by atoms with Gasteiger partial charge in [0.1, 0.15) is 5.82 Å². The van der Waals surface area contributed by atoms with Crippen LogP contribution >= 0.6 is 0 Å². The molecule has 0 aromatic carbocycles. The standard InChI is InChI=1S/C16H21N7O2/c1-11-20-14(22-21-11)9-19-15(24)8-13-16(25)18-6-7-23(13)10-12-4-2-3-5-17-12/h2-5,13H,6-10H2,1H3,(H,18,25)(H,19,24)(H,20,21,22)/t13-/m1/s1. The molecule has 1 fully saturated rings. The van der Waals surface area contributed by atoms with Crippen LogP contribution in [0.3, 0.4) is 0 Å². The van der Waals surface area contributed by atoms with Crippen LogP contribution in [0.15, 0.2) is 24.4 Å². The molecule has 25 heavy (non-hydrogen) atoms. The third-order valence-corrected chi connectivity index (χ3v) is 4.00. The molecular formula is C16H21N7O2. The Labute approximate surface area is 145 Å². The Morgan fingerprint density at radius 2 is 2.32 bits per heavy atom. The molecule has 0 unspecified atom stereocenters. The third-order valence-electron chi connectivity index (χ3n) is 4.00. The predicted molar refractivity (Wildman–Crippen MR) is 89.0 cm³/mol. The smallest absolute Gasteiger partial charge is 0.237 e. The predicted octanol–water partition coefficient (Wildman–Crippen LogP) is -0.485. The number of aromatic amines is 1. The van der Waals surface area contributed by atoms with Crippen molar-refractivity contribution in [2.24, 2.45) is 0 Å². The number of H-pyrrole nitrogens is 1. The van der Waals surface area contributed by atoms with Gasteiger partial charge in [0, 0.05) is 25.8 Å². The number of piperazine rings is 1. The van der Waals surface area contributed by atoms with E-state index in [2.05, 4.69) is 30.8 Å². The molecule has 0 bridgehead atoms. The topological polar surface area (TPSA) is 116 Å². The number of hydrogen-bond acceptors (Lipinski definition) is 6. The van der Waals surface area contributed by atoms with Crippen LogP contribution in [0, 0.1) is 6.92 Å². The quantitative estimate of drug-likeness (QED) is 0.652. The van der Waals surface area contributed by atoms with Crippen molar-refractivity contribution in [2.45, 2.75) is 32.5 Å². The number of aryl methyl sites for hydroxylation is 1. The summed E-state index contributed by atoms with van der Waals surface area (Å²) in [4.78, 5) is 34.9. The van der Waals surface area contributed by atoms with Crippen LogP contribution in [0.1, 0.15) is 23.8 Å². The van der Waals surface area contributed by atoms with E-state index in [9.17, 15) is 9.59 Å². The van der Waals surface area contributed by atoms with Gasteiger partial charge in [0.25, 0.3) is 0 Å². The zero-order valence-corrected chi connectivity index (χ0v) is 14.0. The molecule has 1 aliphatic rings. The van der Waals surface area contributed by atoms with Crippen molar-refractivity contribution in [1.82, 2.24) is 35.7 Å².